The van der Waals surface area contributed by atoms with Crippen molar-refractivity contribution in [3.8, 4) is 11.5 Å². The van der Waals surface area contributed by atoms with E-state index in [9.17, 15) is 4.79 Å². The summed E-state index contributed by atoms with van der Waals surface area (Å²) in [7, 11) is 1.58. The van der Waals surface area contributed by atoms with E-state index in [-0.39, 0.29) is 11.2 Å². The Morgan fingerprint density at radius 2 is 1.94 bits per heavy atom. The fourth-order valence-electron chi connectivity index (χ4n) is 3.20. The van der Waals surface area contributed by atoms with Gasteiger partial charge >= 0.3 is 0 Å². The van der Waals surface area contributed by atoms with Gasteiger partial charge in [-0.2, -0.15) is 5.10 Å². The van der Waals surface area contributed by atoms with Crippen molar-refractivity contribution in [2.45, 2.75) is 37.9 Å². The van der Waals surface area contributed by atoms with Crippen LogP contribution < -0.4 is 14.8 Å². The van der Waals surface area contributed by atoms with Crippen LogP contribution in [0.5, 0.6) is 11.5 Å². The van der Waals surface area contributed by atoms with Gasteiger partial charge in [-0.15, -0.1) is 5.10 Å². The highest BCUT2D eigenvalue weighted by molar-refractivity contribution is 8.15. The van der Waals surface area contributed by atoms with Gasteiger partial charge < -0.3 is 14.8 Å². The zero-order valence-electron chi connectivity index (χ0n) is 18.5. The topological polar surface area (TPSA) is 72.3 Å². The van der Waals surface area contributed by atoms with Crippen LogP contribution in [-0.2, 0) is 17.6 Å². The second kappa shape index (κ2) is 12.1. The third kappa shape index (κ3) is 6.72. The standard InChI is InChI=1S/C25H29N3O3S/c1-4-6-7-18-8-10-19(11-9-18)16-23-24(29)27-25(32-23)28-26-17-20-12-13-21(31-14-5-2)22(15-20)30-3/h5,8-13,15,17,23H,2,4,6-7,14,16H2,1,3H3,(H,27,28,29)/b26-17+. The highest BCUT2D eigenvalue weighted by atomic mass is 32.2. The number of benzene rings is 2. The predicted octanol–water partition coefficient (Wildman–Crippen LogP) is 4.77. The van der Waals surface area contributed by atoms with Crippen molar-refractivity contribution in [2.75, 3.05) is 13.7 Å². The van der Waals surface area contributed by atoms with E-state index in [0.717, 1.165) is 17.5 Å². The Bertz CT molecular complexity index is 986. The lowest BCUT2D eigenvalue weighted by atomic mass is 10.0. The Kier molecular flexibility index (Phi) is 8.92. The number of carbonyl (C=O) groups excluding carboxylic acids is 1. The maximum absolute atomic E-state index is 12.3. The maximum atomic E-state index is 12.3. The van der Waals surface area contributed by atoms with E-state index < -0.39 is 0 Å². The molecule has 0 saturated carbocycles. The largest absolute Gasteiger partial charge is 0.493 e. The van der Waals surface area contributed by atoms with E-state index in [1.54, 1.807) is 19.4 Å². The third-order valence-electron chi connectivity index (χ3n) is 4.94. The van der Waals surface area contributed by atoms with Crippen LogP contribution in [0.4, 0.5) is 0 Å². The molecule has 7 heteroatoms. The van der Waals surface area contributed by atoms with Gasteiger partial charge in [0.25, 0.3) is 0 Å². The molecule has 1 unspecified atom stereocenters. The van der Waals surface area contributed by atoms with Crippen molar-refractivity contribution in [1.82, 2.24) is 5.32 Å². The van der Waals surface area contributed by atoms with Crippen molar-refractivity contribution in [3.63, 3.8) is 0 Å². The Balaban J connectivity index is 1.58. The lowest BCUT2D eigenvalue weighted by Crippen LogP contribution is -2.25. The van der Waals surface area contributed by atoms with Gasteiger partial charge in [-0.05, 0) is 54.2 Å². The summed E-state index contributed by atoms with van der Waals surface area (Å²) in [5.41, 5.74) is 3.30. The summed E-state index contributed by atoms with van der Waals surface area (Å²) < 4.78 is 10.9. The molecule has 1 aliphatic rings. The molecule has 6 nitrogen and oxygen atoms in total. The summed E-state index contributed by atoms with van der Waals surface area (Å²) >= 11 is 1.41. The number of hydrogen-bond donors (Lipinski definition) is 1. The monoisotopic (exact) mass is 451 g/mol. The Morgan fingerprint density at radius 1 is 1.16 bits per heavy atom. The van der Waals surface area contributed by atoms with E-state index >= 15 is 0 Å². The van der Waals surface area contributed by atoms with Gasteiger partial charge in [-0.25, -0.2) is 0 Å². The fourth-order valence-corrected chi connectivity index (χ4v) is 4.17. The van der Waals surface area contributed by atoms with Gasteiger partial charge in [0, 0.05) is 0 Å². The van der Waals surface area contributed by atoms with Gasteiger partial charge in [0.2, 0.25) is 5.91 Å². The minimum absolute atomic E-state index is 0.0376. The molecule has 0 radical (unpaired) electrons. The zero-order valence-corrected chi connectivity index (χ0v) is 19.4. The number of methoxy groups -OCH3 is 1. The van der Waals surface area contributed by atoms with Crippen LogP contribution in [-0.4, -0.2) is 36.3 Å². The van der Waals surface area contributed by atoms with E-state index in [1.165, 1.54) is 30.2 Å². The van der Waals surface area contributed by atoms with Crippen LogP contribution in [0.15, 0.2) is 65.3 Å². The summed E-state index contributed by atoms with van der Waals surface area (Å²) in [4.78, 5) is 12.3. The summed E-state index contributed by atoms with van der Waals surface area (Å²) in [5.74, 6) is 1.20. The second-order valence-electron chi connectivity index (χ2n) is 7.38. The van der Waals surface area contributed by atoms with Crippen LogP contribution in [0.1, 0.15) is 36.5 Å². The van der Waals surface area contributed by atoms with Crippen molar-refractivity contribution >= 4 is 29.1 Å². The number of aryl methyl sites for hydroxylation is 1. The van der Waals surface area contributed by atoms with Crippen LogP contribution >= 0.6 is 11.8 Å². The Hall–Kier alpha value is -3.06. The Labute approximate surface area is 193 Å². The number of unbranched alkanes of at least 4 members (excludes halogenated alkanes) is 1. The molecule has 1 N–H and O–H groups in total. The average Bonchev–Trinajstić information content (AvgIpc) is 3.16. The molecule has 1 heterocycles. The summed E-state index contributed by atoms with van der Waals surface area (Å²) in [6.07, 6.45) is 7.43. The van der Waals surface area contributed by atoms with E-state index in [2.05, 4.69) is 53.3 Å². The molecule has 3 rings (SSSR count). The molecule has 1 aliphatic heterocycles. The Morgan fingerprint density at radius 3 is 2.66 bits per heavy atom. The molecule has 0 aliphatic carbocycles. The molecule has 168 valence electrons. The fraction of sp³-hybridized carbons (Fsp3) is 0.320. The minimum Gasteiger partial charge on any atom is -0.493 e. The van der Waals surface area contributed by atoms with Crippen molar-refractivity contribution in [3.05, 3.63) is 71.8 Å². The molecular formula is C25H29N3O3S. The summed E-state index contributed by atoms with van der Waals surface area (Å²) in [6.45, 7) is 6.24. The molecule has 0 spiro atoms. The lowest BCUT2D eigenvalue weighted by Gasteiger charge is -2.09. The number of thioether (sulfide) groups is 1. The second-order valence-corrected chi connectivity index (χ2v) is 8.57. The molecule has 0 bridgehead atoms. The highest BCUT2D eigenvalue weighted by Crippen LogP contribution is 2.28. The number of ether oxygens (including phenoxy) is 2. The first kappa shape index (κ1) is 23.6. The lowest BCUT2D eigenvalue weighted by molar-refractivity contribution is -0.118. The van der Waals surface area contributed by atoms with E-state index in [1.807, 2.05) is 18.2 Å². The van der Waals surface area contributed by atoms with Gasteiger partial charge in [-0.3, -0.25) is 4.79 Å². The average molecular weight is 452 g/mol. The maximum Gasteiger partial charge on any atom is 0.239 e. The predicted molar refractivity (Wildman–Crippen MR) is 132 cm³/mol. The smallest absolute Gasteiger partial charge is 0.239 e. The first-order valence-electron chi connectivity index (χ1n) is 10.7. The molecule has 1 saturated heterocycles. The number of carbonyl (C=O) groups is 1. The molecule has 32 heavy (non-hydrogen) atoms. The number of amides is 1. The molecule has 2 aromatic carbocycles. The zero-order chi connectivity index (χ0) is 22.8. The van der Waals surface area contributed by atoms with Crippen molar-refractivity contribution < 1.29 is 14.3 Å². The van der Waals surface area contributed by atoms with Gasteiger partial charge in [0.05, 0.1) is 18.6 Å². The van der Waals surface area contributed by atoms with Gasteiger partial charge in [0.1, 0.15) is 6.61 Å². The molecule has 1 atom stereocenters. The summed E-state index contributed by atoms with van der Waals surface area (Å²) in [6, 6.07) is 14.0. The first-order chi connectivity index (χ1) is 15.6. The van der Waals surface area contributed by atoms with Crippen LogP contribution in [0.3, 0.4) is 0 Å². The van der Waals surface area contributed by atoms with Crippen LogP contribution in [0.2, 0.25) is 0 Å². The molecular weight excluding hydrogens is 422 g/mol. The number of amidine groups is 1. The first-order valence-corrected chi connectivity index (χ1v) is 11.6. The van der Waals surface area contributed by atoms with E-state index in [0.29, 0.717) is 29.7 Å². The van der Waals surface area contributed by atoms with Crippen LogP contribution in [0.25, 0.3) is 0 Å². The minimum atomic E-state index is -0.202. The third-order valence-corrected chi connectivity index (χ3v) is 6.01. The number of nitrogens with zero attached hydrogens (tertiary/aromatic N) is 2. The van der Waals surface area contributed by atoms with Gasteiger partial charge in [-0.1, -0.05) is 62.0 Å². The van der Waals surface area contributed by atoms with Gasteiger partial charge in [0.15, 0.2) is 16.7 Å². The quantitative estimate of drug-likeness (QED) is 0.304. The van der Waals surface area contributed by atoms with E-state index in [4.69, 9.17) is 9.47 Å². The molecule has 1 fully saturated rings. The SMILES string of the molecule is C=CCOc1ccc(/C=N/N=C2\NC(=O)C(Cc3ccc(CCCC)cc3)S2)cc1OC. The molecule has 0 aromatic heterocycles. The molecule has 1 amide bonds. The number of hydrogen-bond acceptors (Lipinski definition) is 6. The van der Waals surface area contributed by atoms with Crippen molar-refractivity contribution in [1.29, 1.82) is 0 Å². The number of rotatable bonds is 11. The van der Waals surface area contributed by atoms with Crippen LogP contribution in [0, 0.1) is 0 Å². The normalized spacial score (nSPS) is 17.0. The molecule has 2 aromatic rings. The summed E-state index contributed by atoms with van der Waals surface area (Å²) in [5, 5.41) is 11.4. The van der Waals surface area contributed by atoms with Crippen molar-refractivity contribution in [2.24, 2.45) is 10.2 Å². The highest BCUT2D eigenvalue weighted by Gasteiger charge is 2.30. The number of nitrogens with one attached hydrogen (secondary N) is 1.